The lowest BCUT2D eigenvalue weighted by atomic mass is 9.89. The van der Waals surface area contributed by atoms with Crippen LogP contribution in [0.3, 0.4) is 0 Å². The second-order valence-electron chi connectivity index (χ2n) is 19.3. The van der Waals surface area contributed by atoms with Crippen LogP contribution in [0.4, 0.5) is 5.82 Å². The predicted molar refractivity (Wildman–Crippen MR) is 303 cm³/mol. The molecule has 0 bridgehead atoms. The van der Waals surface area contributed by atoms with Crippen LogP contribution in [0.2, 0.25) is 0 Å². The molecule has 3 aliphatic rings. The first-order chi connectivity index (χ1) is 41.3. The molecule has 486 valence electrons. The number of phosphoric acid groups is 2. The first-order valence-corrected chi connectivity index (χ1v) is 34.1. The van der Waals surface area contributed by atoms with Gasteiger partial charge in [0.05, 0.1) is 81.9 Å². The summed E-state index contributed by atoms with van der Waals surface area (Å²) in [5.41, 5.74) is 3.66. The lowest BCUT2D eigenvalue weighted by Gasteiger charge is -2.21. The SMILES string of the molecule is N=c1ccc2c(-c3ccc(C(=O)NCCOCCOCCOCCOCCC(=O)NCCCc4cn([C@@H]5O[C@H](COP(=O)(O)O)C(OP(=O)(O)O)[C@@H]5O)c(=O)nc4N)cc3C(=O)O)c3cccc(S(=O)(=O)O)c3oc-2c1S(=O)(=O)CCCCCS(=O)(=O)O. The van der Waals surface area contributed by atoms with Gasteiger partial charge in [0.25, 0.3) is 26.1 Å². The number of hydrogen-bond acceptors (Lipinski definition) is 24. The van der Waals surface area contributed by atoms with Crippen LogP contribution in [0.25, 0.3) is 33.4 Å². The fraction of sp³-hybridized carbons (Fsp3) is 0.469. The molecular formula is C49H64N6O28P2S3. The van der Waals surface area contributed by atoms with E-state index in [9.17, 15) is 78.1 Å². The summed E-state index contributed by atoms with van der Waals surface area (Å²) in [7, 11) is -24.2. The minimum Gasteiger partial charge on any atom is -0.478 e. The Morgan fingerprint density at radius 3 is 2.05 bits per heavy atom. The monoisotopic (exact) mass is 1340 g/mol. The number of nitrogen functional groups attached to an aromatic ring is 1. The number of para-hydroxylation sites is 1. The molecule has 34 nitrogen and oxygen atoms in total. The third-order valence-corrected chi connectivity index (χ3v) is 17.4. The number of fused-ring (bicyclic) bond motifs is 2. The third kappa shape index (κ3) is 20.5. The van der Waals surface area contributed by atoms with Crippen LogP contribution in [0.15, 0.2) is 73.7 Å². The van der Waals surface area contributed by atoms with Crippen molar-refractivity contribution in [2.75, 3.05) is 89.8 Å². The number of nitrogens with zero attached hydrogens (tertiary/aromatic N) is 2. The van der Waals surface area contributed by atoms with Gasteiger partial charge < -0.3 is 74.3 Å². The Morgan fingerprint density at radius 1 is 0.784 bits per heavy atom. The minimum atomic E-state index is -5.29. The molecule has 6 rings (SSSR count). The summed E-state index contributed by atoms with van der Waals surface area (Å²) >= 11 is 0. The number of sulfone groups is 1. The Hall–Kier alpha value is -6.03. The highest BCUT2D eigenvalue weighted by atomic mass is 32.2. The Balaban J connectivity index is 0.892. The number of aliphatic hydroxyl groups excluding tert-OH is 1. The predicted octanol–water partition coefficient (Wildman–Crippen LogP) is 0.380. The maximum absolute atomic E-state index is 13.8. The molecule has 2 aromatic carbocycles. The fourth-order valence-corrected chi connectivity index (χ4v) is 12.7. The molecule has 2 amide bonds. The summed E-state index contributed by atoms with van der Waals surface area (Å²) in [6, 6.07) is 9.48. The number of unbranched alkanes of at least 4 members (excludes halogenated alkanes) is 2. The molecule has 0 spiro atoms. The van der Waals surface area contributed by atoms with E-state index in [2.05, 4.69) is 24.7 Å². The number of carbonyl (C=O) groups excluding carboxylic acids is 2. The minimum absolute atomic E-state index is 0.00372. The van der Waals surface area contributed by atoms with E-state index in [0.717, 1.165) is 22.8 Å². The van der Waals surface area contributed by atoms with E-state index in [0.29, 0.717) is 0 Å². The van der Waals surface area contributed by atoms with Gasteiger partial charge in [0.2, 0.25) is 5.91 Å². The Kier molecular flexibility index (Phi) is 25.1. The third-order valence-electron chi connectivity index (χ3n) is 12.9. The van der Waals surface area contributed by atoms with E-state index in [1.165, 1.54) is 36.5 Å². The standard InChI is InChI=1S/C49H64N6O28P2S3/c50-35-12-11-33-39(32-7-4-8-37(88(73,74)75)41(32)82-42(33)44(35)86(68,69)24-2-1-3-25-87(70,71)72)31-10-9-29(26-34(31)48(59)60)46(58)53-15-17-77-19-21-79-23-22-78-20-18-76-16-13-38(56)52-14-5-6-30-27-55(49(61)54-45(30)51)47-40(57)43(83-85(65,66)67)36(81-47)28-80-84(62,63)64/h4,7-12,26-27,36,40,43,47,50,57H,1-3,5-6,13-25,28H2,(H,52,56)(H,53,58)(H,59,60)(H2,51,54,61)(H2,62,63,64)(H2,65,66,67)(H,70,71,72)(H,73,74,75)/t36-,40+,43?,47-/m1/s1. The van der Waals surface area contributed by atoms with Gasteiger partial charge >= 0.3 is 27.3 Å². The molecule has 1 aliphatic carbocycles. The zero-order valence-corrected chi connectivity index (χ0v) is 50.5. The van der Waals surface area contributed by atoms with Crippen molar-refractivity contribution >= 4 is 80.3 Å². The van der Waals surface area contributed by atoms with Crippen molar-refractivity contribution in [3.05, 3.63) is 87.3 Å². The zero-order chi connectivity index (χ0) is 64.8. The number of aryl methyl sites for hydroxylation is 1. The smallest absolute Gasteiger partial charge is 0.470 e. The number of aromatic carboxylic acids is 1. The number of aromatic nitrogens is 2. The topological polar surface area (TPSA) is 536 Å². The molecule has 1 saturated heterocycles. The molecule has 2 aliphatic heterocycles. The number of anilines is 1. The Labute approximate surface area is 501 Å². The number of aliphatic hydroxyl groups is 1. The van der Waals surface area contributed by atoms with Crippen molar-refractivity contribution in [2.24, 2.45) is 0 Å². The van der Waals surface area contributed by atoms with Crippen LogP contribution >= 0.6 is 15.6 Å². The van der Waals surface area contributed by atoms with Gasteiger partial charge in [-0.1, -0.05) is 24.6 Å². The van der Waals surface area contributed by atoms with Gasteiger partial charge in [0.15, 0.2) is 27.4 Å². The normalized spacial score (nSPS) is 16.8. The van der Waals surface area contributed by atoms with E-state index in [4.69, 9.17) is 53.6 Å². The van der Waals surface area contributed by atoms with E-state index in [1.54, 1.807) is 0 Å². The molecule has 1 aromatic heterocycles. The van der Waals surface area contributed by atoms with Crippen LogP contribution in [0, 0.1) is 5.41 Å². The number of carbonyl (C=O) groups is 3. The molecule has 4 atom stereocenters. The highest BCUT2D eigenvalue weighted by molar-refractivity contribution is 7.91. The number of phosphoric ester groups is 2. The summed E-state index contributed by atoms with van der Waals surface area (Å²) in [6.07, 6.45) is -5.77. The van der Waals surface area contributed by atoms with Crippen LogP contribution in [-0.2, 0) is 83.2 Å². The van der Waals surface area contributed by atoms with Gasteiger partial charge in [-0.05, 0) is 61.6 Å². The summed E-state index contributed by atoms with van der Waals surface area (Å²) in [4.78, 5) is 90.2. The molecule has 3 heterocycles. The van der Waals surface area contributed by atoms with E-state index >= 15 is 0 Å². The number of benzene rings is 3. The van der Waals surface area contributed by atoms with Crippen molar-refractivity contribution in [2.45, 2.75) is 72.9 Å². The highest BCUT2D eigenvalue weighted by Gasteiger charge is 2.49. The van der Waals surface area contributed by atoms with Crippen molar-refractivity contribution in [1.29, 1.82) is 5.41 Å². The molecule has 0 radical (unpaired) electrons. The maximum atomic E-state index is 13.8. The number of ether oxygens (including phenoxy) is 5. The lowest BCUT2D eigenvalue weighted by Crippen LogP contribution is -2.38. The van der Waals surface area contributed by atoms with Crippen LogP contribution in [-0.4, -0.2) is 194 Å². The second-order valence-corrected chi connectivity index (χ2v) is 26.7. The number of rotatable bonds is 36. The number of carboxylic acids is 1. The van der Waals surface area contributed by atoms with Gasteiger partial charge in [-0.15, -0.1) is 0 Å². The molecule has 13 N–H and O–H groups in total. The molecule has 39 heteroatoms. The van der Waals surface area contributed by atoms with Crippen LogP contribution < -0.4 is 27.4 Å². The number of nitrogens with one attached hydrogen (secondary N) is 3. The van der Waals surface area contributed by atoms with E-state index < -0.39 is 138 Å². The Morgan fingerprint density at radius 2 is 1.42 bits per heavy atom. The van der Waals surface area contributed by atoms with Gasteiger partial charge in [0.1, 0.15) is 33.9 Å². The number of amides is 2. The van der Waals surface area contributed by atoms with Gasteiger partial charge in [-0.25, -0.2) is 27.1 Å². The van der Waals surface area contributed by atoms with E-state index in [-0.39, 0.29) is 149 Å². The summed E-state index contributed by atoms with van der Waals surface area (Å²) in [6.45, 7) is 0.238. The zero-order valence-electron chi connectivity index (χ0n) is 46.3. The van der Waals surface area contributed by atoms with Crippen molar-refractivity contribution in [1.82, 2.24) is 20.2 Å². The fourth-order valence-electron chi connectivity index (χ4n) is 8.96. The maximum Gasteiger partial charge on any atom is 0.470 e. The molecule has 1 fully saturated rings. The highest BCUT2D eigenvalue weighted by Crippen LogP contribution is 2.47. The molecular weight excluding hydrogens is 1280 g/mol. The molecule has 3 aromatic rings. The first kappa shape index (κ1) is 71.1. The van der Waals surface area contributed by atoms with Crippen molar-refractivity contribution < 1.29 is 125 Å². The second kappa shape index (κ2) is 31.1. The molecule has 1 unspecified atom stereocenters. The average Bonchev–Trinajstić information content (AvgIpc) is 0.858. The largest absolute Gasteiger partial charge is 0.478 e. The Bertz CT molecular complexity index is 3860. The average molecular weight is 1340 g/mol. The van der Waals surface area contributed by atoms with Crippen molar-refractivity contribution in [3.8, 4) is 22.5 Å². The molecule has 0 saturated carbocycles. The summed E-state index contributed by atoms with van der Waals surface area (Å²) in [5.74, 6) is -4.60. The van der Waals surface area contributed by atoms with Crippen molar-refractivity contribution in [3.63, 3.8) is 0 Å². The van der Waals surface area contributed by atoms with Gasteiger partial charge in [-0.3, -0.25) is 37.7 Å². The summed E-state index contributed by atoms with van der Waals surface area (Å²) in [5, 5.41) is 34.5. The molecule has 88 heavy (non-hydrogen) atoms. The van der Waals surface area contributed by atoms with Gasteiger partial charge in [0, 0.05) is 53.3 Å². The van der Waals surface area contributed by atoms with E-state index in [1.807, 2.05) is 0 Å². The summed E-state index contributed by atoms with van der Waals surface area (Å²) < 4.78 is 160. The first-order valence-electron chi connectivity index (χ1n) is 26.4. The quantitative estimate of drug-likeness (QED) is 0.0112. The van der Waals surface area contributed by atoms with Crippen LogP contribution in [0.5, 0.6) is 0 Å². The number of hydrogen-bond donors (Lipinski definition) is 12. The van der Waals surface area contributed by atoms with Gasteiger partial charge in [-0.2, -0.15) is 21.8 Å². The lowest BCUT2D eigenvalue weighted by molar-refractivity contribution is -0.122. The van der Waals surface area contributed by atoms with Crippen LogP contribution in [0.1, 0.15) is 64.6 Å². The number of carboxylic acid groups (broad SMARTS) is 1. The number of nitrogens with two attached hydrogens (primary N) is 1.